The van der Waals surface area contributed by atoms with Crippen LogP contribution in [-0.2, 0) is 24.4 Å². The summed E-state index contributed by atoms with van der Waals surface area (Å²) in [6.07, 6.45) is 1.91. The van der Waals surface area contributed by atoms with Crippen molar-refractivity contribution in [2.45, 2.75) is 47.0 Å². The van der Waals surface area contributed by atoms with E-state index in [0.29, 0.717) is 24.2 Å². The Morgan fingerprint density at radius 3 is 2.16 bits per heavy atom. The average molecular weight is 450 g/mol. The highest BCUT2D eigenvalue weighted by Gasteiger charge is 2.65. The van der Waals surface area contributed by atoms with Crippen LogP contribution in [0.3, 0.4) is 0 Å². The molecular formula is C22H31N3O5S. The third kappa shape index (κ3) is 4.39. The highest BCUT2D eigenvalue weighted by molar-refractivity contribution is 7.89. The normalized spacial score (nSPS) is 24.4. The van der Waals surface area contributed by atoms with E-state index in [4.69, 9.17) is 0 Å². The maximum absolute atomic E-state index is 13.2. The molecule has 9 heteroatoms. The van der Waals surface area contributed by atoms with Crippen LogP contribution in [0.5, 0.6) is 0 Å². The van der Waals surface area contributed by atoms with Crippen molar-refractivity contribution < 1.29 is 22.8 Å². The van der Waals surface area contributed by atoms with E-state index in [2.05, 4.69) is 10.6 Å². The Bertz CT molecular complexity index is 987. The fourth-order valence-corrected chi connectivity index (χ4v) is 7.31. The van der Waals surface area contributed by atoms with Gasteiger partial charge in [0.25, 0.3) is 0 Å². The average Bonchev–Trinajstić information content (AvgIpc) is 3.01. The highest BCUT2D eigenvalue weighted by atomic mass is 32.2. The van der Waals surface area contributed by atoms with Crippen molar-refractivity contribution in [3.05, 3.63) is 24.3 Å². The summed E-state index contributed by atoms with van der Waals surface area (Å²) in [5.74, 6) is -0.630. The maximum Gasteiger partial charge on any atom is 0.239 e. The van der Waals surface area contributed by atoms with Gasteiger partial charge in [0, 0.05) is 36.7 Å². The number of hydrogen-bond donors (Lipinski definition) is 2. The first kappa shape index (κ1) is 23.4. The summed E-state index contributed by atoms with van der Waals surface area (Å²) in [6.45, 7) is 6.91. The third-order valence-corrected chi connectivity index (χ3v) is 9.15. The first-order chi connectivity index (χ1) is 14.4. The minimum atomic E-state index is -3.81. The summed E-state index contributed by atoms with van der Waals surface area (Å²) >= 11 is 0. The van der Waals surface area contributed by atoms with Gasteiger partial charge in [-0.15, -0.1) is 0 Å². The van der Waals surface area contributed by atoms with Gasteiger partial charge in [0.15, 0.2) is 0 Å². The van der Waals surface area contributed by atoms with Crippen LogP contribution in [0.2, 0.25) is 0 Å². The van der Waals surface area contributed by atoms with Crippen LogP contribution in [0.4, 0.5) is 11.4 Å². The quantitative estimate of drug-likeness (QED) is 0.633. The number of hydrogen-bond acceptors (Lipinski definition) is 5. The van der Waals surface area contributed by atoms with Crippen molar-refractivity contribution in [2.24, 2.45) is 16.7 Å². The minimum absolute atomic E-state index is 0.0390. The van der Waals surface area contributed by atoms with E-state index in [0.717, 1.165) is 10.7 Å². The fourth-order valence-electron chi connectivity index (χ4n) is 5.12. The van der Waals surface area contributed by atoms with Gasteiger partial charge in [0.1, 0.15) is 5.78 Å². The molecule has 2 aliphatic carbocycles. The number of anilines is 2. The SMILES string of the molecule is CCN(CC(=O)Nc1ccc(NC(C)=O)cc1)S(=O)(=O)CC12CCC(CC1=O)C2(C)C. The Morgan fingerprint density at radius 1 is 1.13 bits per heavy atom. The van der Waals surface area contributed by atoms with E-state index in [1.54, 1.807) is 31.2 Å². The largest absolute Gasteiger partial charge is 0.326 e. The first-order valence-corrected chi connectivity index (χ1v) is 12.2. The molecule has 2 unspecified atom stereocenters. The van der Waals surface area contributed by atoms with Gasteiger partial charge in [-0.2, -0.15) is 4.31 Å². The van der Waals surface area contributed by atoms with Gasteiger partial charge in [0.05, 0.1) is 12.3 Å². The number of fused-ring (bicyclic) bond motifs is 2. The Labute approximate surface area is 183 Å². The number of carbonyl (C=O) groups is 3. The van der Waals surface area contributed by atoms with Crippen LogP contribution >= 0.6 is 0 Å². The molecule has 170 valence electrons. The first-order valence-electron chi connectivity index (χ1n) is 10.6. The van der Waals surface area contributed by atoms with Gasteiger partial charge in [-0.05, 0) is 48.4 Å². The van der Waals surface area contributed by atoms with Crippen molar-refractivity contribution in [2.75, 3.05) is 29.5 Å². The molecule has 1 aromatic rings. The number of nitrogens with zero attached hydrogens (tertiary/aromatic N) is 1. The van der Waals surface area contributed by atoms with Gasteiger partial charge >= 0.3 is 0 Å². The molecule has 1 aromatic carbocycles. The molecule has 0 saturated heterocycles. The van der Waals surface area contributed by atoms with Gasteiger partial charge in [0.2, 0.25) is 21.8 Å². The number of nitrogens with one attached hydrogen (secondary N) is 2. The number of likely N-dealkylation sites (N-methyl/N-ethyl adjacent to an activating group) is 1. The van der Waals surface area contributed by atoms with Crippen molar-refractivity contribution in [3.8, 4) is 0 Å². The van der Waals surface area contributed by atoms with E-state index in [9.17, 15) is 22.8 Å². The predicted octanol–water partition coefficient (Wildman–Crippen LogP) is 2.63. The molecule has 3 rings (SSSR count). The van der Waals surface area contributed by atoms with Crippen LogP contribution in [0.15, 0.2) is 24.3 Å². The predicted molar refractivity (Wildman–Crippen MR) is 119 cm³/mol. The zero-order valence-corrected chi connectivity index (χ0v) is 19.3. The molecule has 0 heterocycles. The maximum atomic E-state index is 13.2. The Balaban J connectivity index is 1.68. The van der Waals surface area contributed by atoms with Crippen molar-refractivity contribution in [3.63, 3.8) is 0 Å². The molecule has 0 aromatic heterocycles. The Hall–Kier alpha value is -2.26. The molecule has 8 nitrogen and oxygen atoms in total. The number of amides is 2. The summed E-state index contributed by atoms with van der Waals surface area (Å²) in [4.78, 5) is 36.3. The summed E-state index contributed by atoms with van der Waals surface area (Å²) in [7, 11) is -3.81. The molecule has 0 spiro atoms. The van der Waals surface area contributed by atoms with Gasteiger partial charge in [-0.1, -0.05) is 20.8 Å². The van der Waals surface area contributed by atoms with Crippen LogP contribution in [-0.4, -0.2) is 49.2 Å². The molecule has 2 fully saturated rings. The van der Waals surface area contributed by atoms with Crippen molar-refractivity contribution in [1.82, 2.24) is 4.31 Å². The minimum Gasteiger partial charge on any atom is -0.326 e. The van der Waals surface area contributed by atoms with E-state index in [-0.39, 0.29) is 41.9 Å². The van der Waals surface area contributed by atoms with Crippen molar-refractivity contribution >= 4 is 39.0 Å². The number of Topliss-reactive ketones (excluding diaryl/α,β-unsaturated/α-hetero) is 1. The lowest BCUT2D eigenvalue weighted by molar-refractivity contribution is -0.128. The monoisotopic (exact) mass is 449 g/mol. The Kier molecular flexibility index (Phi) is 6.30. The number of ketones is 1. The van der Waals surface area contributed by atoms with E-state index >= 15 is 0 Å². The van der Waals surface area contributed by atoms with Crippen LogP contribution in [0, 0.1) is 16.7 Å². The molecule has 2 amide bonds. The van der Waals surface area contributed by atoms with Crippen LogP contribution in [0.25, 0.3) is 0 Å². The highest BCUT2D eigenvalue weighted by Crippen LogP contribution is 2.64. The molecule has 2 aliphatic rings. The molecule has 31 heavy (non-hydrogen) atoms. The summed E-state index contributed by atoms with van der Waals surface area (Å²) < 4.78 is 27.6. The standard InChI is InChI=1S/C22H31N3O5S/c1-5-25(13-20(28)24-18-8-6-17(7-9-18)23-15(2)26)31(29,30)14-22-11-10-16(12-19(22)27)21(22,3)4/h6-9,16H,5,10-14H2,1-4H3,(H,23,26)(H,24,28). The van der Waals surface area contributed by atoms with E-state index in [1.807, 2.05) is 13.8 Å². The molecule has 2 bridgehead atoms. The second-order valence-corrected chi connectivity index (χ2v) is 11.1. The van der Waals surface area contributed by atoms with E-state index in [1.165, 1.54) is 6.92 Å². The van der Waals surface area contributed by atoms with Crippen LogP contribution in [0.1, 0.15) is 47.0 Å². The lowest BCUT2D eigenvalue weighted by atomic mass is 9.70. The zero-order chi connectivity index (χ0) is 23.0. The van der Waals surface area contributed by atoms with E-state index < -0.39 is 21.3 Å². The lowest BCUT2D eigenvalue weighted by Gasteiger charge is -2.37. The van der Waals surface area contributed by atoms with Crippen molar-refractivity contribution in [1.29, 1.82) is 0 Å². The number of carbonyl (C=O) groups excluding carboxylic acids is 3. The molecule has 2 atom stereocenters. The molecule has 2 saturated carbocycles. The van der Waals surface area contributed by atoms with Gasteiger partial charge in [-0.25, -0.2) is 8.42 Å². The summed E-state index contributed by atoms with van der Waals surface area (Å²) in [6, 6.07) is 6.56. The smallest absolute Gasteiger partial charge is 0.239 e. The lowest BCUT2D eigenvalue weighted by Crippen LogP contribution is -2.48. The number of sulfonamides is 1. The zero-order valence-electron chi connectivity index (χ0n) is 18.5. The van der Waals surface area contributed by atoms with Gasteiger partial charge < -0.3 is 10.6 Å². The second-order valence-electron chi connectivity index (χ2n) is 9.16. The molecule has 0 aliphatic heterocycles. The van der Waals surface area contributed by atoms with Crippen LogP contribution < -0.4 is 10.6 Å². The summed E-state index contributed by atoms with van der Waals surface area (Å²) in [5, 5.41) is 5.32. The summed E-state index contributed by atoms with van der Waals surface area (Å²) in [5.41, 5.74) is -0.118. The Morgan fingerprint density at radius 2 is 1.71 bits per heavy atom. The fraction of sp³-hybridized carbons (Fsp3) is 0.591. The molecule has 2 N–H and O–H groups in total. The third-order valence-electron chi connectivity index (χ3n) is 7.12. The molecular weight excluding hydrogens is 418 g/mol. The topological polar surface area (TPSA) is 113 Å². The number of rotatable bonds is 8. The second kappa shape index (κ2) is 8.35. The van der Waals surface area contributed by atoms with Gasteiger partial charge in [-0.3, -0.25) is 14.4 Å². The number of benzene rings is 1. The molecule has 0 radical (unpaired) electrons.